The van der Waals surface area contributed by atoms with E-state index < -0.39 is 0 Å². The molecule has 5 nitrogen and oxygen atoms in total. The summed E-state index contributed by atoms with van der Waals surface area (Å²) in [6, 6.07) is 5.90. The number of carbonyl (C=O) groups is 1. The van der Waals surface area contributed by atoms with Crippen molar-refractivity contribution in [3.63, 3.8) is 0 Å². The number of nitrogens with two attached hydrogens (primary N) is 1. The minimum absolute atomic E-state index is 0.118. The van der Waals surface area contributed by atoms with Gasteiger partial charge in [0.15, 0.2) is 5.76 Å². The number of carbonyl (C=O) groups excluding carboxylic acids is 1. The van der Waals surface area contributed by atoms with E-state index in [1.807, 2.05) is 18.2 Å². The molecular weight excluding hydrogens is 242 g/mol. The van der Waals surface area contributed by atoms with Crippen LogP contribution < -0.4 is 10.6 Å². The number of nitrogens with zero attached hydrogens (tertiary/aromatic N) is 2. The van der Waals surface area contributed by atoms with Gasteiger partial charge in [-0.3, -0.25) is 4.79 Å². The standard InChI is InChI=1S/C14H15N3O2/c1-17-12-3-2-9(6-11(12)7-13(17)18)14-10(4-5-15)8-16-19-14/h2-3,6,8H,4-5,7,15H2,1H3. The summed E-state index contributed by atoms with van der Waals surface area (Å²) in [4.78, 5) is 13.4. The van der Waals surface area contributed by atoms with Gasteiger partial charge in [0.05, 0.1) is 12.6 Å². The van der Waals surface area contributed by atoms with Crippen molar-refractivity contribution in [3.8, 4) is 11.3 Å². The van der Waals surface area contributed by atoms with E-state index >= 15 is 0 Å². The van der Waals surface area contributed by atoms with Gasteiger partial charge < -0.3 is 15.2 Å². The number of benzene rings is 1. The fourth-order valence-electron chi connectivity index (χ4n) is 2.44. The third-order valence-electron chi connectivity index (χ3n) is 3.48. The summed E-state index contributed by atoms with van der Waals surface area (Å²) < 4.78 is 5.31. The summed E-state index contributed by atoms with van der Waals surface area (Å²) in [7, 11) is 1.79. The van der Waals surface area contributed by atoms with Gasteiger partial charge in [0.2, 0.25) is 5.91 Å². The van der Waals surface area contributed by atoms with E-state index in [0.29, 0.717) is 13.0 Å². The molecule has 98 valence electrons. The van der Waals surface area contributed by atoms with Gasteiger partial charge in [-0.15, -0.1) is 0 Å². The van der Waals surface area contributed by atoms with Crippen molar-refractivity contribution < 1.29 is 9.32 Å². The van der Waals surface area contributed by atoms with Crippen LogP contribution in [-0.4, -0.2) is 24.7 Å². The molecule has 2 aromatic rings. The highest BCUT2D eigenvalue weighted by atomic mass is 16.5. The Bertz CT molecular complexity index is 633. The Morgan fingerprint density at radius 3 is 3.11 bits per heavy atom. The predicted octanol–water partition coefficient (Wildman–Crippen LogP) is 1.36. The number of hydrogen-bond donors (Lipinski definition) is 1. The van der Waals surface area contributed by atoms with Crippen LogP contribution in [0.25, 0.3) is 11.3 Å². The molecule has 0 spiro atoms. The third kappa shape index (κ3) is 1.92. The van der Waals surface area contributed by atoms with Gasteiger partial charge in [-0.25, -0.2) is 0 Å². The Morgan fingerprint density at radius 1 is 1.47 bits per heavy atom. The zero-order chi connectivity index (χ0) is 13.4. The number of hydrogen-bond acceptors (Lipinski definition) is 4. The van der Waals surface area contributed by atoms with Crippen molar-refractivity contribution in [2.75, 3.05) is 18.5 Å². The van der Waals surface area contributed by atoms with Gasteiger partial charge in [0.1, 0.15) is 0 Å². The average molecular weight is 257 g/mol. The van der Waals surface area contributed by atoms with Crippen LogP contribution in [0.1, 0.15) is 11.1 Å². The van der Waals surface area contributed by atoms with E-state index in [1.54, 1.807) is 18.1 Å². The van der Waals surface area contributed by atoms with Crippen LogP contribution in [0.2, 0.25) is 0 Å². The second-order valence-corrected chi connectivity index (χ2v) is 4.69. The van der Waals surface area contributed by atoms with E-state index in [-0.39, 0.29) is 5.91 Å². The largest absolute Gasteiger partial charge is 0.356 e. The molecule has 0 bridgehead atoms. The fraction of sp³-hybridized carbons (Fsp3) is 0.286. The van der Waals surface area contributed by atoms with Gasteiger partial charge in [0, 0.05) is 23.9 Å². The van der Waals surface area contributed by atoms with Gasteiger partial charge in [-0.05, 0) is 36.7 Å². The maximum atomic E-state index is 11.7. The second kappa shape index (κ2) is 4.51. The molecule has 0 unspecified atom stereocenters. The molecule has 0 saturated carbocycles. The summed E-state index contributed by atoms with van der Waals surface area (Å²) in [6.07, 6.45) is 2.88. The second-order valence-electron chi connectivity index (χ2n) is 4.69. The summed E-state index contributed by atoms with van der Waals surface area (Å²) in [5.74, 6) is 0.863. The molecule has 1 aromatic carbocycles. The van der Waals surface area contributed by atoms with Gasteiger partial charge in [-0.1, -0.05) is 5.16 Å². The van der Waals surface area contributed by atoms with Crippen molar-refractivity contribution in [2.45, 2.75) is 12.8 Å². The molecule has 19 heavy (non-hydrogen) atoms. The lowest BCUT2D eigenvalue weighted by Crippen LogP contribution is -2.20. The van der Waals surface area contributed by atoms with Gasteiger partial charge in [0.25, 0.3) is 0 Å². The van der Waals surface area contributed by atoms with Gasteiger partial charge >= 0.3 is 0 Å². The van der Waals surface area contributed by atoms with Crippen molar-refractivity contribution in [3.05, 3.63) is 35.5 Å². The Balaban J connectivity index is 2.02. The molecular formula is C14H15N3O2. The van der Waals surface area contributed by atoms with Crippen LogP contribution in [-0.2, 0) is 17.6 Å². The summed E-state index contributed by atoms with van der Waals surface area (Å²) in [6.45, 7) is 0.556. The molecule has 5 heteroatoms. The molecule has 2 N–H and O–H groups in total. The summed E-state index contributed by atoms with van der Waals surface area (Å²) in [5, 5.41) is 3.83. The monoisotopic (exact) mass is 257 g/mol. The Hall–Kier alpha value is -2.14. The molecule has 1 aliphatic heterocycles. The van der Waals surface area contributed by atoms with Crippen molar-refractivity contribution in [2.24, 2.45) is 5.73 Å². The summed E-state index contributed by atoms with van der Waals surface area (Å²) in [5.41, 5.74) is 9.51. The number of fused-ring (bicyclic) bond motifs is 1. The SMILES string of the molecule is CN1C(=O)Cc2cc(-c3oncc3CCN)ccc21. The first kappa shape index (κ1) is 11.9. The van der Waals surface area contributed by atoms with Crippen LogP contribution in [0.4, 0.5) is 5.69 Å². The number of anilines is 1. The topological polar surface area (TPSA) is 72.4 Å². The molecule has 2 heterocycles. The zero-order valence-electron chi connectivity index (χ0n) is 10.7. The first-order chi connectivity index (χ1) is 9.20. The van der Waals surface area contributed by atoms with Crippen LogP contribution in [0.5, 0.6) is 0 Å². The fourth-order valence-corrected chi connectivity index (χ4v) is 2.44. The minimum Gasteiger partial charge on any atom is -0.356 e. The van der Waals surface area contributed by atoms with Crippen molar-refractivity contribution in [1.29, 1.82) is 0 Å². The zero-order valence-corrected chi connectivity index (χ0v) is 10.7. The maximum Gasteiger partial charge on any atom is 0.231 e. The molecule has 0 radical (unpaired) electrons. The first-order valence-corrected chi connectivity index (χ1v) is 6.24. The number of likely N-dealkylation sites (N-methyl/N-ethyl adjacent to an activating group) is 1. The molecule has 1 aliphatic rings. The first-order valence-electron chi connectivity index (χ1n) is 6.24. The highest BCUT2D eigenvalue weighted by Gasteiger charge is 2.24. The summed E-state index contributed by atoms with van der Waals surface area (Å²) >= 11 is 0. The Morgan fingerprint density at radius 2 is 2.32 bits per heavy atom. The van der Waals surface area contributed by atoms with Crippen LogP contribution in [0.3, 0.4) is 0 Å². The van der Waals surface area contributed by atoms with E-state index in [0.717, 1.165) is 34.6 Å². The van der Waals surface area contributed by atoms with Crippen LogP contribution in [0.15, 0.2) is 28.9 Å². The quantitative estimate of drug-likeness (QED) is 0.901. The smallest absolute Gasteiger partial charge is 0.231 e. The lowest BCUT2D eigenvalue weighted by Gasteiger charge is -2.10. The number of rotatable bonds is 3. The molecule has 0 saturated heterocycles. The molecule has 0 fully saturated rings. The number of amides is 1. The van der Waals surface area contributed by atoms with E-state index in [4.69, 9.17) is 10.3 Å². The maximum absolute atomic E-state index is 11.7. The molecule has 0 aliphatic carbocycles. The number of aromatic nitrogens is 1. The Labute approximate surface area is 111 Å². The lowest BCUT2D eigenvalue weighted by atomic mass is 10.0. The van der Waals surface area contributed by atoms with Crippen molar-refractivity contribution >= 4 is 11.6 Å². The normalized spacial score (nSPS) is 14.0. The van der Waals surface area contributed by atoms with Crippen LogP contribution >= 0.6 is 0 Å². The molecule has 1 aromatic heterocycles. The highest BCUT2D eigenvalue weighted by Crippen LogP contribution is 2.33. The molecule has 3 rings (SSSR count). The highest BCUT2D eigenvalue weighted by molar-refractivity contribution is 6.01. The minimum atomic E-state index is 0.118. The van der Waals surface area contributed by atoms with E-state index in [1.165, 1.54) is 0 Å². The average Bonchev–Trinajstić information content (AvgIpc) is 2.96. The predicted molar refractivity (Wildman–Crippen MR) is 71.8 cm³/mol. The van der Waals surface area contributed by atoms with E-state index in [9.17, 15) is 4.79 Å². The third-order valence-corrected chi connectivity index (χ3v) is 3.48. The lowest BCUT2D eigenvalue weighted by molar-refractivity contribution is -0.117. The Kier molecular flexibility index (Phi) is 2.83. The molecule has 1 amide bonds. The van der Waals surface area contributed by atoms with Crippen molar-refractivity contribution in [1.82, 2.24) is 5.16 Å². The molecule has 0 atom stereocenters. The van der Waals surface area contributed by atoms with Gasteiger partial charge in [-0.2, -0.15) is 0 Å². The van der Waals surface area contributed by atoms with E-state index in [2.05, 4.69) is 5.16 Å². The van der Waals surface area contributed by atoms with Crippen LogP contribution in [0, 0.1) is 0 Å².